The molecule has 0 fully saturated rings. The highest BCUT2D eigenvalue weighted by Crippen LogP contribution is 2.18. The fourth-order valence-electron chi connectivity index (χ4n) is 10.0. The molecule has 70 heavy (non-hydrogen) atoms. The Morgan fingerprint density at radius 1 is 0.414 bits per heavy atom. The molecule has 4 N–H and O–H groups in total. The average Bonchev–Trinajstić information content (AvgIpc) is 3.36. The summed E-state index contributed by atoms with van der Waals surface area (Å²) in [6.45, 7) is 4.73. The topological polar surface area (TPSA) is 116 Å². The molecule has 0 bridgehead atoms. The maximum atomic E-state index is 12.4. The van der Waals surface area contributed by atoms with Gasteiger partial charge in [-0.3, -0.25) is 4.79 Å². The Morgan fingerprint density at radius 2 is 0.714 bits per heavy atom. The van der Waals surface area contributed by atoms with Gasteiger partial charge in [0.05, 0.1) is 25.4 Å². The summed E-state index contributed by atoms with van der Waals surface area (Å²) >= 11 is 0. The van der Waals surface area contributed by atoms with Crippen LogP contribution in [-0.2, 0) is 14.3 Å². The number of esters is 1. The minimum atomic E-state index is -0.943. The van der Waals surface area contributed by atoms with Gasteiger partial charge < -0.3 is 25.4 Å². The van der Waals surface area contributed by atoms with Crippen molar-refractivity contribution in [2.75, 3.05) is 13.2 Å². The van der Waals surface area contributed by atoms with Crippen LogP contribution >= 0.6 is 0 Å². The quantitative estimate of drug-likeness (QED) is 0.0274. The molecule has 7 heteroatoms. The average molecular weight is 991 g/mol. The predicted molar refractivity (Wildman–Crippen MR) is 303 cm³/mol. The van der Waals surface area contributed by atoms with E-state index in [1.165, 1.54) is 270 Å². The van der Waals surface area contributed by atoms with Gasteiger partial charge in [-0.15, -0.1) is 0 Å². The monoisotopic (exact) mass is 990 g/mol. The molecule has 0 aliphatic heterocycles. The highest BCUT2D eigenvalue weighted by Gasteiger charge is 2.18. The van der Waals surface area contributed by atoms with Gasteiger partial charge in [0, 0.05) is 6.42 Å². The third kappa shape index (κ3) is 52.9. The van der Waals surface area contributed by atoms with Gasteiger partial charge in [-0.05, 0) is 32.1 Å². The molecule has 0 saturated heterocycles. The van der Waals surface area contributed by atoms with Gasteiger partial charge in [0.1, 0.15) is 0 Å². The molecule has 0 spiro atoms. The zero-order chi connectivity index (χ0) is 50.9. The number of carbonyl (C=O) groups is 2. The van der Waals surface area contributed by atoms with Gasteiger partial charge >= 0.3 is 5.97 Å². The lowest BCUT2D eigenvalue weighted by Crippen LogP contribution is -2.45. The lowest BCUT2D eigenvalue weighted by Gasteiger charge is -2.20. The second kappa shape index (κ2) is 58.4. The summed E-state index contributed by atoms with van der Waals surface area (Å²) in [7, 11) is 0. The molecule has 0 rings (SSSR count). The highest BCUT2D eigenvalue weighted by atomic mass is 16.5. The number of aliphatic hydroxyl groups excluding tert-OH is 3. The number of hydrogen-bond acceptors (Lipinski definition) is 6. The summed E-state index contributed by atoms with van der Waals surface area (Å²) in [6, 6.07) is -0.627. The molecule has 0 aromatic carbocycles. The molecule has 0 aromatic rings. The molecule has 0 saturated carbocycles. The van der Waals surface area contributed by atoms with Gasteiger partial charge in [-0.1, -0.05) is 321 Å². The Morgan fingerprint density at radius 3 is 1.06 bits per heavy atom. The van der Waals surface area contributed by atoms with Crippen LogP contribution in [0.4, 0.5) is 0 Å². The van der Waals surface area contributed by atoms with Crippen molar-refractivity contribution in [3.05, 3.63) is 12.2 Å². The van der Waals surface area contributed by atoms with E-state index in [1.54, 1.807) is 6.08 Å². The summed E-state index contributed by atoms with van der Waals surface area (Å²) in [5, 5.41) is 33.2. The van der Waals surface area contributed by atoms with Crippen molar-refractivity contribution in [2.45, 2.75) is 366 Å². The molecule has 0 aliphatic carbocycles. The Hall–Kier alpha value is -1.44. The third-order valence-corrected chi connectivity index (χ3v) is 14.9. The largest absolute Gasteiger partial charge is 0.464 e. The predicted octanol–water partition coefficient (Wildman–Crippen LogP) is 18.6. The number of amides is 1. The summed E-state index contributed by atoms with van der Waals surface area (Å²) in [5.74, 6) is -0.488. The molecule has 0 radical (unpaired) electrons. The smallest absolute Gasteiger partial charge is 0.334 e. The number of ether oxygens (including phenoxy) is 1. The highest BCUT2D eigenvalue weighted by molar-refractivity contribution is 5.76. The van der Waals surface area contributed by atoms with Gasteiger partial charge in [0.15, 0.2) is 6.10 Å². The van der Waals surface area contributed by atoms with Crippen molar-refractivity contribution >= 4 is 11.9 Å². The number of aliphatic hydroxyl groups is 3. The molecule has 1 amide bonds. The number of unbranched alkanes of at least 4 members (excludes halogenated alkanes) is 47. The van der Waals surface area contributed by atoms with Gasteiger partial charge in [-0.2, -0.15) is 0 Å². The van der Waals surface area contributed by atoms with Crippen molar-refractivity contribution in [1.29, 1.82) is 0 Å². The Kier molecular flexibility index (Phi) is 57.2. The van der Waals surface area contributed by atoms with Crippen LogP contribution < -0.4 is 5.32 Å². The fourth-order valence-corrected chi connectivity index (χ4v) is 10.0. The van der Waals surface area contributed by atoms with Gasteiger partial charge in [0.2, 0.25) is 5.91 Å². The second-order valence-corrected chi connectivity index (χ2v) is 21.9. The van der Waals surface area contributed by atoms with E-state index in [1.807, 2.05) is 6.08 Å². The third-order valence-electron chi connectivity index (χ3n) is 14.9. The van der Waals surface area contributed by atoms with Crippen LogP contribution in [0, 0.1) is 0 Å². The fraction of sp³-hybridized carbons (Fsp3) is 0.937. The molecule has 0 aliphatic rings. The summed E-state index contributed by atoms with van der Waals surface area (Å²) < 4.78 is 5.34. The Balaban J connectivity index is 3.38. The molecule has 3 unspecified atom stereocenters. The van der Waals surface area contributed by atoms with Crippen molar-refractivity contribution in [2.24, 2.45) is 0 Å². The minimum Gasteiger partial charge on any atom is -0.464 e. The van der Waals surface area contributed by atoms with E-state index >= 15 is 0 Å². The number of rotatable bonds is 59. The molecule has 7 nitrogen and oxygen atoms in total. The lowest BCUT2D eigenvalue weighted by atomic mass is 10.0. The zero-order valence-electron chi connectivity index (χ0n) is 47.1. The number of hydrogen-bond donors (Lipinski definition) is 4. The first-order valence-corrected chi connectivity index (χ1v) is 31.6. The first-order chi connectivity index (χ1) is 34.5. The van der Waals surface area contributed by atoms with E-state index < -0.39 is 24.2 Å². The van der Waals surface area contributed by atoms with E-state index in [-0.39, 0.29) is 12.5 Å². The minimum absolute atomic E-state index is 0.0674. The first-order valence-electron chi connectivity index (χ1n) is 31.6. The van der Waals surface area contributed by atoms with Crippen molar-refractivity contribution in [1.82, 2.24) is 5.32 Å². The SMILES string of the molecule is CCCCCCCCCCCCCC=CC(O)C(CO)NC(=O)CCCCCCCCCCCCCCCCCCCCCCCCCCCCCOC(=O)C(O)CCCCCCCCCCCCC. The van der Waals surface area contributed by atoms with E-state index in [0.717, 1.165) is 51.4 Å². The van der Waals surface area contributed by atoms with Crippen LogP contribution in [0.15, 0.2) is 12.2 Å². The number of carbonyl (C=O) groups excluding carboxylic acids is 2. The van der Waals surface area contributed by atoms with Gasteiger partial charge in [0.25, 0.3) is 0 Å². The van der Waals surface area contributed by atoms with Crippen molar-refractivity contribution in [3.63, 3.8) is 0 Å². The standard InChI is InChI=1S/C63H123NO6/c1-3-5-7-9-11-13-15-31-35-38-42-46-50-54-60(66)59(58-65)64-62(68)56-52-48-44-40-36-32-29-27-25-23-21-19-17-16-18-20-22-24-26-28-30-33-37-41-45-49-53-57-70-63(69)61(67)55-51-47-43-39-34-14-12-10-8-6-4-2/h50,54,59-61,65-67H,3-49,51-53,55-58H2,1-2H3,(H,64,68). The molecule has 0 aromatic heterocycles. The van der Waals surface area contributed by atoms with E-state index in [2.05, 4.69) is 19.2 Å². The number of nitrogens with one attached hydrogen (secondary N) is 1. The van der Waals surface area contributed by atoms with Crippen molar-refractivity contribution in [3.8, 4) is 0 Å². The van der Waals surface area contributed by atoms with Gasteiger partial charge in [-0.25, -0.2) is 4.79 Å². The Labute approximate surface area is 436 Å². The number of allylic oxidation sites excluding steroid dienone is 1. The summed E-state index contributed by atoms with van der Waals surface area (Å²) in [6.07, 6.45) is 67.6. The van der Waals surface area contributed by atoms with E-state index in [4.69, 9.17) is 4.74 Å². The summed E-state index contributed by atoms with van der Waals surface area (Å²) in [5.41, 5.74) is 0. The van der Waals surface area contributed by atoms with Crippen LogP contribution in [0.3, 0.4) is 0 Å². The van der Waals surface area contributed by atoms with E-state index in [9.17, 15) is 24.9 Å². The zero-order valence-corrected chi connectivity index (χ0v) is 47.1. The molecular weight excluding hydrogens is 867 g/mol. The Bertz CT molecular complexity index is 1070. The van der Waals surface area contributed by atoms with Crippen LogP contribution in [0.25, 0.3) is 0 Å². The first kappa shape index (κ1) is 68.6. The van der Waals surface area contributed by atoms with Crippen LogP contribution in [0.5, 0.6) is 0 Å². The second-order valence-electron chi connectivity index (χ2n) is 21.9. The molecule has 0 heterocycles. The van der Waals surface area contributed by atoms with Crippen LogP contribution in [0.1, 0.15) is 348 Å². The lowest BCUT2D eigenvalue weighted by molar-refractivity contribution is -0.154. The normalized spacial score (nSPS) is 13.0. The van der Waals surface area contributed by atoms with Crippen LogP contribution in [0.2, 0.25) is 0 Å². The van der Waals surface area contributed by atoms with Crippen LogP contribution in [-0.4, -0.2) is 58.7 Å². The van der Waals surface area contributed by atoms with Crippen molar-refractivity contribution < 1.29 is 29.6 Å². The van der Waals surface area contributed by atoms with E-state index in [0.29, 0.717) is 19.4 Å². The summed E-state index contributed by atoms with van der Waals surface area (Å²) in [4.78, 5) is 24.5. The maximum absolute atomic E-state index is 12.4. The molecular formula is C63H123NO6. The maximum Gasteiger partial charge on any atom is 0.334 e. The molecule has 416 valence electrons. The molecule has 3 atom stereocenters.